The lowest BCUT2D eigenvalue weighted by Crippen LogP contribution is -2.57. The molecule has 0 spiro atoms. The van der Waals surface area contributed by atoms with Gasteiger partial charge in [-0.3, -0.25) is 14.5 Å². The fourth-order valence-electron chi connectivity index (χ4n) is 3.03. The number of morpholine rings is 1. The molecule has 2 fully saturated rings. The normalized spacial score (nSPS) is 35.6. The van der Waals surface area contributed by atoms with Crippen LogP contribution in [0.25, 0.3) is 0 Å². The molecule has 0 aromatic carbocycles. The fourth-order valence-corrected chi connectivity index (χ4v) is 3.03. The van der Waals surface area contributed by atoms with Crippen molar-refractivity contribution in [2.75, 3.05) is 26.3 Å². The molecule has 1 aliphatic carbocycles. The summed E-state index contributed by atoms with van der Waals surface area (Å²) in [6, 6.07) is -0.509. The van der Waals surface area contributed by atoms with Gasteiger partial charge in [0.25, 0.3) is 0 Å². The van der Waals surface area contributed by atoms with Gasteiger partial charge in [-0.1, -0.05) is 0 Å². The number of carboxylic acids is 1. The second-order valence-electron chi connectivity index (χ2n) is 5.80. The molecule has 2 rings (SSSR count). The summed E-state index contributed by atoms with van der Waals surface area (Å²) in [6.07, 6.45) is 1.81. The molecule has 1 saturated carbocycles. The Morgan fingerprint density at radius 2 is 2.00 bits per heavy atom. The van der Waals surface area contributed by atoms with Gasteiger partial charge >= 0.3 is 5.97 Å². The number of ether oxygens (including phenoxy) is 1. The van der Waals surface area contributed by atoms with Gasteiger partial charge in [-0.05, 0) is 25.7 Å². The van der Waals surface area contributed by atoms with Gasteiger partial charge < -0.3 is 20.7 Å². The van der Waals surface area contributed by atoms with Crippen LogP contribution in [0.1, 0.15) is 25.7 Å². The van der Waals surface area contributed by atoms with Crippen LogP contribution < -0.4 is 5.73 Å². The van der Waals surface area contributed by atoms with Crippen LogP contribution in [0.3, 0.4) is 0 Å². The number of carbonyl (C=O) groups excluding carboxylic acids is 1. The van der Waals surface area contributed by atoms with Crippen molar-refractivity contribution in [2.24, 2.45) is 11.7 Å². The monoisotopic (exact) mass is 286 g/mol. The first-order valence-corrected chi connectivity index (χ1v) is 6.97. The molecule has 1 heterocycles. The van der Waals surface area contributed by atoms with Crippen molar-refractivity contribution in [3.63, 3.8) is 0 Å². The number of carbonyl (C=O) groups is 2. The molecule has 1 unspecified atom stereocenters. The van der Waals surface area contributed by atoms with E-state index in [9.17, 15) is 14.7 Å². The lowest BCUT2D eigenvalue weighted by Gasteiger charge is -2.42. The predicted molar refractivity (Wildman–Crippen MR) is 69.9 cm³/mol. The highest BCUT2D eigenvalue weighted by atomic mass is 16.5. The summed E-state index contributed by atoms with van der Waals surface area (Å²) in [7, 11) is 0. The van der Waals surface area contributed by atoms with E-state index in [0.29, 0.717) is 45.4 Å². The van der Waals surface area contributed by atoms with Crippen molar-refractivity contribution >= 4 is 11.9 Å². The third kappa shape index (κ3) is 3.47. The number of nitrogens with zero attached hydrogens (tertiary/aromatic N) is 1. The Hall–Kier alpha value is -1.18. The Balaban J connectivity index is 1.94. The van der Waals surface area contributed by atoms with E-state index in [0.717, 1.165) is 0 Å². The third-order valence-corrected chi connectivity index (χ3v) is 4.33. The Labute approximate surface area is 117 Å². The molecule has 2 aliphatic rings. The van der Waals surface area contributed by atoms with Crippen molar-refractivity contribution in [3.05, 3.63) is 0 Å². The Kier molecular flexibility index (Phi) is 4.62. The Morgan fingerprint density at radius 3 is 2.55 bits per heavy atom. The molecular formula is C13H22N2O5. The van der Waals surface area contributed by atoms with Crippen LogP contribution in [0.5, 0.6) is 0 Å². The summed E-state index contributed by atoms with van der Waals surface area (Å²) in [5.74, 6) is -1.62. The van der Waals surface area contributed by atoms with Crippen LogP contribution in [0.2, 0.25) is 0 Å². The zero-order chi connectivity index (χ0) is 14.8. The van der Waals surface area contributed by atoms with E-state index in [1.807, 2.05) is 4.90 Å². The number of aliphatic hydroxyl groups is 1. The van der Waals surface area contributed by atoms with Crippen LogP contribution in [0.4, 0.5) is 0 Å². The highest BCUT2D eigenvalue weighted by molar-refractivity contribution is 5.80. The molecular weight excluding hydrogens is 264 g/mol. The third-order valence-electron chi connectivity index (χ3n) is 4.33. The molecule has 1 atom stereocenters. The van der Waals surface area contributed by atoms with Gasteiger partial charge in [0.2, 0.25) is 5.91 Å². The number of aliphatic carboxylic acids is 1. The van der Waals surface area contributed by atoms with Gasteiger partial charge in [0.05, 0.1) is 24.7 Å². The molecule has 0 bridgehead atoms. The van der Waals surface area contributed by atoms with E-state index >= 15 is 0 Å². The molecule has 1 aliphatic heterocycles. The lowest BCUT2D eigenvalue weighted by atomic mass is 9.78. The number of amides is 1. The molecule has 0 radical (unpaired) electrons. The summed E-state index contributed by atoms with van der Waals surface area (Å²) < 4.78 is 5.24. The number of hydrogen-bond donors (Lipinski definition) is 3. The first-order chi connectivity index (χ1) is 9.41. The highest BCUT2D eigenvalue weighted by Crippen LogP contribution is 2.33. The van der Waals surface area contributed by atoms with Crippen molar-refractivity contribution in [2.45, 2.75) is 37.3 Å². The zero-order valence-electron chi connectivity index (χ0n) is 11.5. The largest absolute Gasteiger partial charge is 0.481 e. The first-order valence-electron chi connectivity index (χ1n) is 6.97. The minimum absolute atomic E-state index is 0.253. The molecule has 20 heavy (non-hydrogen) atoms. The quantitative estimate of drug-likeness (QED) is 0.622. The second-order valence-corrected chi connectivity index (χ2v) is 5.80. The van der Waals surface area contributed by atoms with Crippen molar-refractivity contribution in [1.82, 2.24) is 4.90 Å². The fraction of sp³-hybridized carbons (Fsp3) is 0.846. The van der Waals surface area contributed by atoms with Gasteiger partial charge in [0.15, 0.2) is 0 Å². The smallest absolute Gasteiger partial charge is 0.306 e. The minimum Gasteiger partial charge on any atom is -0.481 e. The van der Waals surface area contributed by atoms with Crippen molar-refractivity contribution in [3.8, 4) is 0 Å². The topological polar surface area (TPSA) is 113 Å². The van der Waals surface area contributed by atoms with Crippen molar-refractivity contribution in [1.29, 1.82) is 0 Å². The van der Waals surface area contributed by atoms with Crippen LogP contribution in [-0.4, -0.2) is 64.9 Å². The lowest BCUT2D eigenvalue weighted by molar-refractivity contribution is -0.146. The van der Waals surface area contributed by atoms with Crippen LogP contribution in [0.15, 0.2) is 0 Å². The highest BCUT2D eigenvalue weighted by Gasteiger charge is 2.39. The number of nitrogens with two attached hydrogens (primary N) is 1. The summed E-state index contributed by atoms with van der Waals surface area (Å²) in [5.41, 5.74) is 4.41. The van der Waals surface area contributed by atoms with E-state index in [-0.39, 0.29) is 12.5 Å². The number of carboxylic acid groups (broad SMARTS) is 1. The summed E-state index contributed by atoms with van der Waals surface area (Å²) in [4.78, 5) is 24.2. The first kappa shape index (κ1) is 15.2. The van der Waals surface area contributed by atoms with Gasteiger partial charge in [-0.25, -0.2) is 0 Å². The van der Waals surface area contributed by atoms with Crippen LogP contribution in [-0.2, 0) is 14.3 Å². The summed E-state index contributed by atoms with van der Waals surface area (Å²) in [6.45, 7) is 1.66. The SMILES string of the molecule is NC(=O)C1COCCN1CC1(O)CCC(C(=O)O)CC1. The van der Waals surface area contributed by atoms with Crippen molar-refractivity contribution < 1.29 is 24.5 Å². The summed E-state index contributed by atoms with van der Waals surface area (Å²) >= 11 is 0. The minimum atomic E-state index is -0.934. The predicted octanol–water partition coefficient (Wildman–Crippen LogP) is -0.822. The maximum absolute atomic E-state index is 11.4. The maximum atomic E-state index is 11.4. The maximum Gasteiger partial charge on any atom is 0.306 e. The molecule has 4 N–H and O–H groups in total. The van der Waals surface area contributed by atoms with E-state index in [1.54, 1.807) is 0 Å². The van der Waals surface area contributed by atoms with E-state index in [2.05, 4.69) is 0 Å². The second kappa shape index (κ2) is 6.07. The van der Waals surface area contributed by atoms with Crippen LogP contribution >= 0.6 is 0 Å². The van der Waals surface area contributed by atoms with Gasteiger partial charge in [-0.15, -0.1) is 0 Å². The van der Waals surface area contributed by atoms with Crippen LogP contribution in [0, 0.1) is 5.92 Å². The summed E-state index contributed by atoms with van der Waals surface area (Å²) in [5, 5.41) is 19.6. The van der Waals surface area contributed by atoms with E-state index in [4.69, 9.17) is 15.6 Å². The molecule has 1 amide bonds. The van der Waals surface area contributed by atoms with E-state index in [1.165, 1.54) is 0 Å². The molecule has 0 aromatic rings. The molecule has 7 heteroatoms. The standard InChI is InChI=1S/C13H22N2O5/c14-11(16)10-7-20-6-5-15(10)8-13(19)3-1-9(2-4-13)12(17)18/h9-10,19H,1-8H2,(H2,14,16)(H,17,18). The van der Waals surface area contributed by atoms with Gasteiger partial charge in [0, 0.05) is 13.1 Å². The number of β-amino-alcohol motifs (C(OH)–C–C–N with tert-alkyl or cyclic N) is 1. The molecule has 114 valence electrons. The Bertz CT molecular complexity index is 379. The Morgan fingerprint density at radius 1 is 1.35 bits per heavy atom. The van der Waals surface area contributed by atoms with E-state index < -0.39 is 23.5 Å². The van der Waals surface area contributed by atoms with Gasteiger partial charge in [0.1, 0.15) is 6.04 Å². The average Bonchev–Trinajstić information content (AvgIpc) is 2.39. The number of hydrogen-bond acceptors (Lipinski definition) is 5. The zero-order valence-corrected chi connectivity index (χ0v) is 11.5. The molecule has 1 saturated heterocycles. The van der Waals surface area contributed by atoms with Gasteiger partial charge in [-0.2, -0.15) is 0 Å². The average molecular weight is 286 g/mol. The number of primary amides is 1. The molecule has 7 nitrogen and oxygen atoms in total. The number of rotatable bonds is 4. The molecule has 0 aromatic heterocycles.